The van der Waals surface area contributed by atoms with Crippen LogP contribution in [0.5, 0.6) is 5.75 Å². The maximum atomic E-state index is 12.4. The van der Waals surface area contributed by atoms with Crippen molar-refractivity contribution < 1.29 is 9.53 Å². The molecule has 0 aliphatic rings. The van der Waals surface area contributed by atoms with Crippen LogP contribution in [0.1, 0.15) is 10.4 Å². The molecule has 0 aromatic heterocycles. The summed E-state index contributed by atoms with van der Waals surface area (Å²) in [6, 6.07) is 12.2. The smallest absolute Gasteiger partial charge is 0.260 e. The third kappa shape index (κ3) is 2.70. The molecule has 4 nitrogen and oxygen atoms in total. The first-order valence-electron chi connectivity index (χ1n) is 6.00. The van der Waals surface area contributed by atoms with Gasteiger partial charge in [-0.15, -0.1) is 0 Å². The number of carbonyl (C=O) groups is 1. The van der Waals surface area contributed by atoms with Crippen molar-refractivity contribution in [3.63, 3.8) is 0 Å². The number of nitrogens with two attached hydrogens (primary N) is 1. The van der Waals surface area contributed by atoms with Crippen LogP contribution in [0.25, 0.3) is 0 Å². The minimum Gasteiger partial charge on any atom is -0.497 e. The molecule has 0 spiro atoms. The Balaban J connectivity index is 2.29. The number of hydrogen-bond acceptors (Lipinski definition) is 3. The summed E-state index contributed by atoms with van der Waals surface area (Å²) < 4.78 is 5.09. The number of benzene rings is 2. The van der Waals surface area contributed by atoms with Crippen molar-refractivity contribution >= 4 is 28.9 Å². The molecule has 0 heterocycles. The summed E-state index contributed by atoms with van der Waals surface area (Å²) in [6.07, 6.45) is 0. The van der Waals surface area contributed by atoms with Crippen molar-refractivity contribution in [1.82, 2.24) is 0 Å². The molecular weight excluding hydrogens is 276 g/mol. The molecule has 0 aliphatic heterocycles. The van der Waals surface area contributed by atoms with Gasteiger partial charge in [0, 0.05) is 12.7 Å². The monoisotopic (exact) mass is 290 g/mol. The number of methoxy groups -OCH3 is 1. The van der Waals surface area contributed by atoms with Gasteiger partial charge in [0.2, 0.25) is 0 Å². The van der Waals surface area contributed by atoms with Gasteiger partial charge in [-0.2, -0.15) is 0 Å². The van der Waals surface area contributed by atoms with Crippen molar-refractivity contribution in [1.29, 1.82) is 0 Å². The molecule has 0 aliphatic carbocycles. The van der Waals surface area contributed by atoms with Gasteiger partial charge in [-0.05, 0) is 36.4 Å². The fraction of sp³-hybridized carbons (Fsp3) is 0.133. The molecule has 5 heteroatoms. The third-order valence-electron chi connectivity index (χ3n) is 3.05. The van der Waals surface area contributed by atoms with Gasteiger partial charge < -0.3 is 15.4 Å². The maximum Gasteiger partial charge on any atom is 0.260 e. The van der Waals surface area contributed by atoms with Gasteiger partial charge in [0.05, 0.1) is 23.4 Å². The molecule has 1 amide bonds. The Kier molecular flexibility index (Phi) is 4.15. The third-order valence-corrected chi connectivity index (χ3v) is 3.38. The van der Waals surface area contributed by atoms with Crippen LogP contribution in [0.3, 0.4) is 0 Å². The van der Waals surface area contributed by atoms with Gasteiger partial charge in [0.15, 0.2) is 0 Å². The number of carbonyl (C=O) groups excluding carboxylic acids is 1. The summed E-state index contributed by atoms with van der Waals surface area (Å²) in [5.41, 5.74) is 7.27. The molecule has 0 atom stereocenters. The highest BCUT2D eigenvalue weighted by molar-refractivity contribution is 6.34. The van der Waals surface area contributed by atoms with E-state index >= 15 is 0 Å². The van der Waals surface area contributed by atoms with Gasteiger partial charge in [0.25, 0.3) is 5.91 Å². The van der Waals surface area contributed by atoms with Crippen molar-refractivity contribution in [3.05, 3.63) is 53.1 Å². The SMILES string of the molecule is COc1ccc(N(C)C(=O)c2cccc(Cl)c2N)cc1. The average molecular weight is 291 g/mol. The quantitative estimate of drug-likeness (QED) is 0.883. The molecule has 20 heavy (non-hydrogen) atoms. The van der Waals surface area contributed by atoms with Crippen LogP contribution in [0.2, 0.25) is 5.02 Å². The number of ether oxygens (including phenoxy) is 1. The predicted molar refractivity (Wildman–Crippen MR) is 81.6 cm³/mol. The molecule has 0 saturated heterocycles. The maximum absolute atomic E-state index is 12.4. The Morgan fingerprint density at radius 3 is 2.45 bits per heavy atom. The number of rotatable bonds is 3. The largest absolute Gasteiger partial charge is 0.497 e. The van der Waals surface area contributed by atoms with Crippen LogP contribution in [0.15, 0.2) is 42.5 Å². The molecule has 0 radical (unpaired) electrons. The Morgan fingerprint density at radius 1 is 1.20 bits per heavy atom. The lowest BCUT2D eigenvalue weighted by Crippen LogP contribution is -2.27. The first-order valence-corrected chi connectivity index (χ1v) is 6.38. The second-order valence-corrected chi connectivity index (χ2v) is 4.67. The second-order valence-electron chi connectivity index (χ2n) is 4.26. The standard InChI is InChI=1S/C15H15ClN2O2/c1-18(10-6-8-11(20-2)9-7-10)15(19)12-4-3-5-13(16)14(12)17/h3-9H,17H2,1-2H3. The topological polar surface area (TPSA) is 55.6 Å². The molecule has 0 bridgehead atoms. The van der Waals surface area contributed by atoms with Gasteiger partial charge in [-0.1, -0.05) is 17.7 Å². The van der Waals surface area contributed by atoms with E-state index < -0.39 is 0 Å². The van der Waals surface area contributed by atoms with Crippen LogP contribution < -0.4 is 15.4 Å². The molecule has 0 saturated carbocycles. The predicted octanol–water partition coefficient (Wildman–Crippen LogP) is 3.21. The van der Waals surface area contributed by atoms with Crippen LogP contribution >= 0.6 is 11.6 Å². The molecule has 2 aromatic carbocycles. The lowest BCUT2D eigenvalue weighted by molar-refractivity contribution is 0.0994. The minimum absolute atomic E-state index is 0.213. The summed E-state index contributed by atoms with van der Waals surface area (Å²) in [5.74, 6) is 0.520. The highest BCUT2D eigenvalue weighted by atomic mass is 35.5. The molecule has 0 unspecified atom stereocenters. The van der Waals surface area contributed by atoms with E-state index in [2.05, 4.69) is 0 Å². The van der Waals surface area contributed by atoms with Gasteiger partial charge in [-0.3, -0.25) is 4.79 Å². The van der Waals surface area contributed by atoms with Gasteiger partial charge >= 0.3 is 0 Å². The van der Waals surface area contributed by atoms with Crippen LogP contribution in [-0.4, -0.2) is 20.1 Å². The zero-order chi connectivity index (χ0) is 14.7. The number of anilines is 2. The van der Waals surface area contributed by atoms with E-state index in [1.165, 1.54) is 4.90 Å². The zero-order valence-corrected chi connectivity index (χ0v) is 12.0. The normalized spacial score (nSPS) is 10.2. The van der Waals surface area contributed by atoms with Crippen molar-refractivity contribution in [2.45, 2.75) is 0 Å². The van der Waals surface area contributed by atoms with E-state index in [9.17, 15) is 4.79 Å². The molecule has 2 N–H and O–H groups in total. The van der Waals surface area contributed by atoms with Gasteiger partial charge in [0.1, 0.15) is 5.75 Å². The number of nitrogen functional groups attached to an aromatic ring is 1. The summed E-state index contributed by atoms with van der Waals surface area (Å²) in [7, 11) is 3.28. The highest BCUT2D eigenvalue weighted by Gasteiger charge is 2.17. The highest BCUT2D eigenvalue weighted by Crippen LogP contribution is 2.25. The fourth-order valence-corrected chi connectivity index (χ4v) is 2.00. The molecule has 2 aromatic rings. The average Bonchev–Trinajstić information content (AvgIpc) is 2.48. The summed E-state index contributed by atoms with van der Waals surface area (Å²) in [4.78, 5) is 13.9. The first kappa shape index (κ1) is 14.2. The summed E-state index contributed by atoms with van der Waals surface area (Å²) >= 11 is 5.94. The Bertz CT molecular complexity index is 626. The van der Waals surface area contributed by atoms with E-state index in [-0.39, 0.29) is 5.91 Å². The van der Waals surface area contributed by atoms with Crippen LogP contribution in [0.4, 0.5) is 11.4 Å². The van der Waals surface area contributed by atoms with Crippen molar-refractivity contribution in [3.8, 4) is 5.75 Å². The van der Waals surface area contributed by atoms with E-state index in [0.717, 1.165) is 11.4 Å². The van der Waals surface area contributed by atoms with E-state index in [0.29, 0.717) is 16.3 Å². The lowest BCUT2D eigenvalue weighted by Gasteiger charge is -2.19. The number of nitrogens with zero attached hydrogens (tertiary/aromatic N) is 1. The number of amides is 1. The molecule has 2 rings (SSSR count). The van der Waals surface area contributed by atoms with E-state index in [1.54, 1.807) is 56.6 Å². The fourth-order valence-electron chi connectivity index (χ4n) is 1.83. The van der Waals surface area contributed by atoms with Crippen LogP contribution in [-0.2, 0) is 0 Å². The number of halogens is 1. The Morgan fingerprint density at radius 2 is 1.85 bits per heavy atom. The van der Waals surface area contributed by atoms with Crippen LogP contribution in [0, 0.1) is 0 Å². The van der Waals surface area contributed by atoms with Crippen molar-refractivity contribution in [2.24, 2.45) is 0 Å². The molecular formula is C15H15ClN2O2. The Labute approximate surface area is 122 Å². The lowest BCUT2D eigenvalue weighted by atomic mass is 10.1. The van der Waals surface area contributed by atoms with Crippen molar-refractivity contribution in [2.75, 3.05) is 24.8 Å². The van der Waals surface area contributed by atoms with E-state index in [4.69, 9.17) is 22.1 Å². The zero-order valence-electron chi connectivity index (χ0n) is 11.3. The molecule has 0 fully saturated rings. The molecule has 104 valence electrons. The second kappa shape index (κ2) is 5.84. The number of para-hydroxylation sites is 1. The van der Waals surface area contributed by atoms with Gasteiger partial charge in [-0.25, -0.2) is 0 Å². The van der Waals surface area contributed by atoms with E-state index in [1.807, 2.05) is 0 Å². The number of hydrogen-bond donors (Lipinski definition) is 1. The minimum atomic E-state index is -0.213. The summed E-state index contributed by atoms with van der Waals surface area (Å²) in [5, 5.41) is 0.374. The summed E-state index contributed by atoms with van der Waals surface area (Å²) in [6.45, 7) is 0. The Hall–Kier alpha value is -2.20. The first-order chi connectivity index (χ1) is 9.54.